The molecule has 0 aliphatic carbocycles. The van der Waals surface area contributed by atoms with E-state index in [9.17, 15) is 0 Å². The van der Waals surface area contributed by atoms with E-state index in [4.69, 9.17) is 27.9 Å². The van der Waals surface area contributed by atoms with Crippen LogP contribution in [-0.4, -0.2) is 19.3 Å². The maximum atomic E-state index is 6.08. The molecule has 1 N–H and O–H groups in total. The van der Waals surface area contributed by atoms with Crippen molar-refractivity contribution in [2.45, 2.75) is 44.8 Å². The van der Waals surface area contributed by atoms with Gasteiger partial charge in [-0.3, -0.25) is 0 Å². The molecule has 1 heterocycles. The van der Waals surface area contributed by atoms with Gasteiger partial charge in [-0.25, -0.2) is 0 Å². The van der Waals surface area contributed by atoms with E-state index in [0.717, 1.165) is 26.0 Å². The minimum absolute atomic E-state index is 0.306. The fourth-order valence-electron chi connectivity index (χ4n) is 2.47. The van der Waals surface area contributed by atoms with E-state index in [-0.39, 0.29) is 0 Å². The van der Waals surface area contributed by atoms with Crippen LogP contribution < -0.4 is 5.32 Å². The van der Waals surface area contributed by atoms with Crippen molar-refractivity contribution in [1.29, 1.82) is 0 Å². The van der Waals surface area contributed by atoms with Gasteiger partial charge in [-0.2, -0.15) is 0 Å². The topological polar surface area (TPSA) is 21.3 Å². The fourth-order valence-corrected chi connectivity index (χ4v) is 2.78. The number of nitrogens with one attached hydrogen (secondary N) is 1. The van der Waals surface area contributed by atoms with Crippen LogP contribution in [0.3, 0.4) is 0 Å². The molecule has 1 aromatic carbocycles. The first kappa shape index (κ1) is 15.1. The largest absolute Gasteiger partial charge is 0.377 e. The summed E-state index contributed by atoms with van der Waals surface area (Å²) in [5, 5.41) is 4.80. The Kier molecular flexibility index (Phi) is 5.96. The maximum Gasteiger partial charge on any atom is 0.0699 e. The van der Waals surface area contributed by atoms with Crippen molar-refractivity contribution in [3.05, 3.63) is 33.8 Å². The smallest absolute Gasteiger partial charge is 0.0699 e. The van der Waals surface area contributed by atoms with Crippen LogP contribution in [0.25, 0.3) is 0 Å². The summed E-state index contributed by atoms with van der Waals surface area (Å²) in [4.78, 5) is 0. The standard InChI is InChI=1S/C15H21Cl2NO/c1-2-15(11-6-7-13(16)14(17)9-11)18-10-12-5-3-4-8-19-12/h6-7,9,12,15,18H,2-5,8,10H2,1H3. The molecular formula is C15H21Cl2NO. The summed E-state index contributed by atoms with van der Waals surface area (Å²) in [5.74, 6) is 0. The Bertz CT molecular complexity index is 405. The van der Waals surface area contributed by atoms with E-state index in [1.807, 2.05) is 18.2 Å². The lowest BCUT2D eigenvalue weighted by atomic mass is 10.0. The molecule has 2 nitrogen and oxygen atoms in total. The second-order valence-electron chi connectivity index (χ2n) is 5.03. The summed E-state index contributed by atoms with van der Waals surface area (Å²) in [5.41, 5.74) is 1.19. The third-order valence-electron chi connectivity index (χ3n) is 3.62. The highest BCUT2D eigenvalue weighted by atomic mass is 35.5. The number of benzene rings is 1. The molecule has 0 spiro atoms. The summed E-state index contributed by atoms with van der Waals surface area (Å²) in [6, 6.07) is 6.16. The average molecular weight is 302 g/mol. The molecule has 0 bridgehead atoms. The Morgan fingerprint density at radius 3 is 2.79 bits per heavy atom. The van der Waals surface area contributed by atoms with Crippen molar-refractivity contribution in [2.75, 3.05) is 13.2 Å². The van der Waals surface area contributed by atoms with E-state index in [1.54, 1.807) is 0 Å². The van der Waals surface area contributed by atoms with Gasteiger partial charge in [-0.05, 0) is 43.4 Å². The Hall–Kier alpha value is -0.280. The molecule has 19 heavy (non-hydrogen) atoms. The molecule has 2 unspecified atom stereocenters. The summed E-state index contributed by atoms with van der Waals surface area (Å²) < 4.78 is 5.74. The van der Waals surface area contributed by atoms with Gasteiger partial charge in [0.05, 0.1) is 16.1 Å². The Morgan fingerprint density at radius 2 is 2.16 bits per heavy atom. The molecule has 2 rings (SSSR count). The van der Waals surface area contributed by atoms with Crippen molar-refractivity contribution in [2.24, 2.45) is 0 Å². The first-order valence-corrected chi connectivity index (χ1v) is 7.76. The monoisotopic (exact) mass is 301 g/mol. The highest BCUT2D eigenvalue weighted by molar-refractivity contribution is 6.42. The number of ether oxygens (including phenoxy) is 1. The maximum absolute atomic E-state index is 6.08. The summed E-state index contributed by atoms with van der Waals surface area (Å²) in [6.07, 6.45) is 5.00. The predicted octanol–water partition coefficient (Wildman–Crippen LogP) is 4.60. The van der Waals surface area contributed by atoms with Crippen LogP contribution in [0.5, 0.6) is 0 Å². The molecule has 0 aromatic heterocycles. The molecule has 1 aromatic rings. The summed E-state index contributed by atoms with van der Waals surface area (Å²) in [7, 11) is 0. The third kappa shape index (κ3) is 4.35. The van der Waals surface area contributed by atoms with Crippen LogP contribution >= 0.6 is 23.2 Å². The first-order valence-electron chi connectivity index (χ1n) is 7.00. The van der Waals surface area contributed by atoms with Crippen LogP contribution in [-0.2, 0) is 4.74 Å². The number of rotatable bonds is 5. The predicted molar refractivity (Wildman–Crippen MR) is 81.1 cm³/mol. The van der Waals surface area contributed by atoms with Crippen molar-refractivity contribution in [3.8, 4) is 0 Å². The molecule has 1 fully saturated rings. The summed E-state index contributed by atoms with van der Waals surface area (Å²) in [6.45, 7) is 3.97. The SMILES string of the molecule is CCC(NCC1CCCCO1)c1ccc(Cl)c(Cl)c1. The average Bonchev–Trinajstić information content (AvgIpc) is 2.44. The molecule has 1 saturated heterocycles. The van der Waals surface area contributed by atoms with Crippen molar-refractivity contribution in [1.82, 2.24) is 5.32 Å². The molecule has 0 radical (unpaired) electrons. The Balaban J connectivity index is 1.93. The van der Waals surface area contributed by atoms with Crippen LogP contribution in [0.4, 0.5) is 0 Å². The Labute approximate surface area is 125 Å². The highest BCUT2D eigenvalue weighted by Gasteiger charge is 2.16. The number of halogens is 2. The minimum atomic E-state index is 0.306. The van der Waals surface area contributed by atoms with Crippen molar-refractivity contribution < 1.29 is 4.74 Å². The van der Waals surface area contributed by atoms with Gasteiger partial charge in [-0.15, -0.1) is 0 Å². The summed E-state index contributed by atoms with van der Waals surface area (Å²) >= 11 is 12.0. The molecule has 106 valence electrons. The van der Waals surface area contributed by atoms with Gasteiger partial charge in [0.2, 0.25) is 0 Å². The van der Waals surface area contributed by atoms with Gasteiger partial charge < -0.3 is 10.1 Å². The van der Waals surface area contributed by atoms with Crippen LogP contribution in [0.15, 0.2) is 18.2 Å². The lowest BCUT2D eigenvalue weighted by Gasteiger charge is -2.26. The van der Waals surface area contributed by atoms with E-state index in [1.165, 1.54) is 18.4 Å². The second kappa shape index (κ2) is 7.49. The zero-order valence-electron chi connectivity index (χ0n) is 11.3. The number of hydrogen-bond acceptors (Lipinski definition) is 2. The molecule has 4 heteroatoms. The van der Waals surface area contributed by atoms with Crippen molar-refractivity contribution in [3.63, 3.8) is 0 Å². The fraction of sp³-hybridized carbons (Fsp3) is 0.600. The van der Waals surface area contributed by atoms with Gasteiger partial charge >= 0.3 is 0 Å². The van der Waals surface area contributed by atoms with Gasteiger partial charge in [0.15, 0.2) is 0 Å². The van der Waals surface area contributed by atoms with E-state index < -0.39 is 0 Å². The second-order valence-corrected chi connectivity index (χ2v) is 5.85. The van der Waals surface area contributed by atoms with Gasteiger partial charge in [0.1, 0.15) is 0 Å². The van der Waals surface area contributed by atoms with Crippen LogP contribution in [0.1, 0.15) is 44.2 Å². The molecular weight excluding hydrogens is 281 g/mol. The zero-order chi connectivity index (χ0) is 13.7. The zero-order valence-corrected chi connectivity index (χ0v) is 12.8. The van der Waals surface area contributed by atoms with Crippen LogP contribution in [0.2, 0.25) is 10.0 Å². The first-order chi connectivity index (χ1) is 9.20. The molecule has 1 aliphatic heterocycles. The third-order valence-corrected chi connectivity index (χ3v) is 4.36. The molecule has 0 saturated carbocycles. The number of hydrogen-bond donors (Lipinski definition) is 1. The van der Waals surface area contributed by atoms with E-state index in [0.29, 0.717) is 22.2 Å². The minimum Gasteiger partial charge on any atom is -0.377 e. The Morgan fingerprint density at radius 1 is 1.32 bits per heavy atom. The van der Waals surface area contributed by atoms with Crippen LogP contribution in [0, 0.1) is 0 Å². The normalized spacial score (nSPS) is 21.3. The lowest BCUT2D eigenvalue weighted by molar-refractivity contribution is 0.0152. The van der Waals surface area contributed by atoms with E-state index in [2.05, 4.69) is 12.2 Å². The lowest BCUT2D eigenvalue weighted by Crippen LogP contribution is -2.34. The molecule has 2 atom stereocenters. The quantitative estimate of drug-likeness (QED) is 0.858. The molecule has 0 amide bonds. The van der Waals surface area contributed by atoms with Gasteiger partial charge in [0.25, 0.3) is 0 Å². The van der Waals surface area contributed by atoms with E-state index >= 15 is 0 Å². The van der Waals surface area contributed by atoms with Gasteiger partial charge in [0, 0.05) is 19.2 Å². The molecule has 1 aliphatic rings. The van der Waals surface area contributed by atoms with Gasteiger partial charge in [-0.1, -0.05) is 36.2 Å². The highest BCUT2D eigenvalue weighted by Crippen LogP contribution is 2.27. The van der Waals surface area contributed by atoms with Crippen molar-refractivity contribution >= 4 is 23.2 Å².